The molecule has 2 aromatic rings. The van der Waals surface area contributed by atoms with Gasteiger partial charge in [-0.2, -0.15) is 5.10 Å². The Morgan fingerprint density at radius 1 is 1.20 bits per heavy atom. The van der Waals surface area contributed by atoms with Crippen molar-refractivity contribution in [3.05, 3.63) is 42.4 Å². The van der Waals surface area contributed by atoms with E-state index in [0.29, 0.717) is 6.54 Å². The van der Waals surface area contributed by atoms with Gasteiger partial charge < -0.3 is 10.0 Å². The van der Waals surface area contributed by atoms with Crippen LogP contribution in [-0.2, 0) is 6.54 Å². The molecule has 0 saturated heterocycles. The SMILES string of the molecule is OB(O)c1ccn(Cc2ccncc2)n1. The van der Waals surface area contributed by atoms with Crippen molar-refractivity contribution in [3.63, 3.8) is 0 Å². The highest BCUT2D eigenvalue weighted by molar-refractivity contribution is 6.57. The lowest BCUT2D eigenvalue weighted by atomic mass is 9.87. The van der Waals surface area contributed by atoms with Crippen molar-refractivity contribution in [2.24, 2.45) is 0 Å². The third kappa shape index (κ3) is 2.42. The first-order valence-electron chi connectivity index (χ1n) is 4.54. The second-order valence-electron chi connectivity index (χ2n) is 3.17. The van der Waals surface area contributed by atoms with Crippen LogP contribution < -0.4 is 5.59 Å². The fourth-order valence-electron chi connectivity index (χ4n) is 1.28. The van der Waals surface area contributed by atoms with Gasteiger partial charge in [-0.05, 0) is 23.8 Å². The van der Waals surface area contributed by atoms with Gasteiger partial charge in [-0.1, -0.05) is 0 Å². The monoisotopic (exact) mass is 203 g/mol. The summed E-state index contributed by atoms with van der Waals surface area (Å²) in [6.45, 7) is 0.592. The van der Waals surface area contributed by atoms with Gasteiger partial charge in [0.2, 0.25) is 0 Å². The summed E-state index contributed by atoms with van der Waals surface area (Å²) in [4.78, 5) is 3.91. The van der Waals surface area contributed by atoms with E-state index in [1.165, 1.54) is 0 Å². The van der Waals surface area contributed by atoms with E-state index < -0.39 is 7.12 Å². The predicted octanol–water partition coefficient (Wildman–Crippen LogP) is -0.994. The van der Waals surface area contributed by atoms with E-state index in [0.717, 1.165) is 5.56 Å². The Morgan fingerprint density at radius 3 is 2.53 bits per heavy atom. The predicted molar refractivity (Wildman–Crippen MR) is 55.4 cm³/mol. The molecule has 2 rings (SSSR count). The van der Waals surface area contributed by atoms with Gasteiger partial charge in [0.15, 0.2) is 0 Å². The summed E-state index contributed by atoms with van der Waals surface area (Å²) in [6.07, 6.45) is 5.12. The van der Waals surface area contributed by atoms with Gasteiger partial charge in [0.05, 0.1) is 12.1 Å². The molecule has 0 aliphatic carbocycles. The number of pyridine rings is 1. The molecule has 0 unspecified atom stereocenters. The van der Waals surface area contributed by atoms with Gasteiger partial charge in [-0.15, -0.1) is 0 Å². The fraction of sp³-hybridized carbons (Fsp3) is 0.111. The largest absolute Gasteiger partial charge is 0.510 e. The Morgan fingerprint density at radius 2 is 1.93 bits per heavy atom. The maximum atomic E-state index is 8.87. The summed E-state index contributed by atoms with van der Waals surface area (Å²) in [5.74, 6) is 0. The van der Waals surface area contributed by atoms with Crippen LogP contribution in [0.1, 0.15) is 5.56 Å². The van der Waals surface area contributed by atoms with E-state index in [4.69, 9.17) is 10.0 Å². The van der Waals surface area contributed by atoms with Gasteiger partial charge >= 0.3 is 7.12 Å². The molecule has 6 heteroatoms. The lowest BCUT2D eigenvalue weighted by Gasteiger charge is -2.00. The van der Waals surface area contributed by atoms with E-state index in [9.17, 15) is 0 Å². The fourth-order valence-corrected chi connectivity index (χ4v) is 1.28. The van der Waals surface area contributed by atoms with Crippen molar-refractivity contribution in [2.75, 3.05) is 0 Å². The third-order valence-corrected chi connectivity index (χ3v) is 2.02. The van der Waals surface area contributed by atoms with E-state index in [-0.39, 0.29) is 5.59 Å². The Bertz CT molecular complexity index is 430. The quantitative estimate of drug-likeness (QED) is 0.628. The molecular weight excluding hydrogens is 193 g/mol. The molecule has 0 aromatic carbocycles. The first-order valence-corrected chi connectivity index (χ1v) is 4.54. The average molecular weight is 203 g/mol. The summed E-state index contributed by atoms with van der Waals surface area (Å²) in [7, 11) is -1.51. The molecule has 2 heterocycles. The van der Waals surface area contributed by atoms with Crippen LogP contribution in [0, 0.1) is 0 Å². The van der Waals surface area contributed by atoms with Crippen LogP contribution in [-0.4, -0.2) is 31.9 Å². The highest BCUT2D eigenvalue weighted by atomic mass is 16.4. The van der Waals surface area contributed by atoms with Crippen molar-refractivity contribution >= 4 is 12.7 Å². The minimum atomic E-state index is -1.51. The molecule has 0 radical (unpaired) electrons. The molecule has 0 spiro atoms. The summed E-state index contributed by atoms with van der Waals surface area (Å²) in [5, 5.41) is 21.7. The first kappa shape index (κ1) is 9.88. The highest BCUT2D eigenvalue weighted by Crippen LogP contribution is 1.98. The number of hydrogen-bond acceptors (Lipinski definition) is 4. The van der Waals surface area contributed by atoms with Gasteiger partial charge in [0, 0.05) is 18.6 Å². The molecule has 2 aromatic heterocycles. The lowest BCUT2D eigenvalue weighted by molar-refractivity contribution is 0.423. The summed E-state index contributed by atoms with van der Waals surface area (Å²) in [5.41, 5.74) is 1.32. The van der Waals surface area contributed by atoms with E-state index >= 15 is 0 Å². The van der Waals surface area contributed by atoms with Crippen molar-refractivity contribution in [3.8, 4) is 0 Å². The van der Waals surface area contributed by atoms with Gasteiger partial charge in [0.1, 0.15) is 0 Å². The molecule has 0 aliphatic heterocycles. The van der Waals surface area contributed by atoms with Gasteiger partial charge in [0.25, 0.3) is 0 Å². The van der Waals surface area contributed by atoms with E-state index in [2.05, 4.69) is 10.1 Å². The molecule has 15 heavy (non-hydrogen) atoms. The highest BCUT2D eigenvalue weighted by Gasteiger charge is 2.13. The zero-order valence-electron chi connectivity index (χ0n) is 7.98. The number of nitrogens with zero attached hydrogens (tertiary/aromatic N) is 3. The Balaban J connectivity index is 2.12. The minimum absolute atomic E-state index is 0.254. The zero-order chi connectivity index (χ0) is 10.7. The zero-order valence-corrected chi connectivity index (χ0v) is 7.98. The number of hydrogen-bond donors (Lipinski definition) is 2. The van der Waals surface area contributed by atoms with Gasteiger partial charge in [-0.3, -0.25) is 9.67 Å². The molecule has 0 saturated carbocycles. The Labute approximate surface area is 87.2 Å². The summed E-state index contributed by atoms with van der Waals surface area (Å²) >= 11 is 0. The number of aromatic nitrogens is 3. The van der Waals surface area contributed by atoms with E-state index in [1.54, 1.807) is 29.3 Å². The second-order valence-corrected chi connectivity index (χ2v) is 3.17. The normalized spacial score (nSPS) is 10.3. The van der Waals surface area contributed by atoms with Crippen molar-refractivity contribution in [1.29, 1.82) is 0 Å². The minimum Gasteiger partial charge on any atom is -0.422 e. The van der Waals surface area contributed by atoms with Crippen molar-refractivity contribution in [1.82, 2.24) is 14.8 Å². The van der Waals surface area contributed by atoms with Crippen LogP contribution in [0.25, 0.3) is 0 Å². The van der Waals surface area contributed by atoms with Crippen LogP contribution in [0.5, 0.6) is 0 Å². The third-order valence-electron chi connectivity index (χ3n) is 2.02. The molecule has 2 N–H and O–H groups in total. The standard InChI is InChI=1S/C9H10BN3O2/c14-10(15)9-3-6-13(12-9)7-8-1-4-11-5-2-8/h1-6,14-15H,7H2. The van der Waals surface area contributed by atoms with Crippen molar-refractivity contribution in [2.45, 2.75) is 6.54 Å². The lowest BCUT2D eigenvalue weighted by Crippen LogP contribution is -2.31. The Hall–Kier alpha value is -1.66. The number of rotatable bonds is 3. The topological polar surface area (TPSA) is 71.2 Å². The van der Waals surface area contributed by atoms with Crippen LogP contribution in [0.2, 0.25) is 0 Å². The first-order chi connectivity index (χ1) is 7.25. The maximum Gasteiger partial charge on any atom is 0.510 e. The van der Waals surface area contributed by atoms with Crippen LogP contribution in [0.4, 0.5) is 0 Å². The summed E-state index contributed by atoms with van der Waals surface area (Å²) in [6, 6.07) is 5.35. The van der Waals surface area contributed by atoms with Crippen molar-refractivity contribution < 1.29 is 10.0 Å². The molecule has 0 bridgehead atoms. The Kier molecular flexibility index (Phi) is 2.80. The van der Waals surface area contributed by atoms with Crippen LogP contribution in [0.15, 0.2) is 36.8 Å². The average Bonchev–Trinajstić information content (AvgIpc) is 2.68. The second kappa shape index (κ2) is 4.25. The maximum absolute atomic E-state index is 8.87. The molecule has 0 aliphatic rings. The molecule has 0 amide bonds. The molecule has 76 valence electrons. The van der Waals surface area contributed by atoms with Gasteiger partial charge in [-0.25, -0.2) is 0 Å². The molecule has 0 atom stereocenters. The van der Waals surface area contributed by atoms with Crippen LogP contribution in [0.3, 0.4) is 0 Å². The smallest absolute Gasteiger partial charge is 0.422 e. The molecular formula is C9H10BN3O2. The molecule has 0 fully saturated rings. The van der Waals surface area contributed by atoms with Crippen LogP contribution >= 0.6 is 0 Å². The molecule has 5 nitrogen and oxygen atoms in total. The summed E-state index contributed by atoms with van der Waals surface area (Å²) < 4.78 is 1.64. The van der Waals surface area contributed by atoms with E-state index in [1.807, 2.05) is 12.1 Å².